The van der Waals surface area contributed by atoms with Crippen molar-refractivity contribution < 1.29 is 17.9 Å². The Kier molecular flexibility index (Phi) is 6.37. The van der Waals surface area contributed by atoms with E-state index in [0.29, 0.717) is 11.4 Å². The van der Waals surface area contributed by atoms with Crippen LogP contribution in [0.3, 0.4) is 0 Å². The molecule has 178 valence electrons. The lowest BCUT2D eigenvalue weighted by atomic mass is 9.99. The topological polar surface area (TPSA) is 166 Å². The molecular weight excluding hydrogens is 458 g/mol. The normalized spacial score (nSPS) is 13.7. The molecule has 2 heterocycles. The van der Waals surface area contributed by atoms with Crippen LogP contribution in [0.25, 0.3) is 0 Å². The summed E-state index contributed by atoms with van der Waals surface area (Å²) in [6, 6.07) is 9.98. The van der Waals surface area contributed by atoms with Crippen LogP contribution in [0, 0.1) is 0 Å². The van der Waals surface area contributed by atoms with Gasteiger partial charge < -0.3 is 26.0 Å². The number of primary amides is 1. The maximum atomic E-state index is 12.0. The number of ether oxygens (including phenoxy) is 1. The van der Waals surface area contributed by atoms with Gasteiger partial charge in [0, 0.05) is 19.3 Å². The standard InChI is InChI=1S/C22H25N7O4S/c1-29-8-7-13-10-18(33-2)17(9-14(13)12-29)27-22-25-11-15(20(23)30)21(28-22)26-16-5-3-4-6-19(16)34(24,31)32/h3-6,9-11H,7-8,12H2,1-2H3,(H2,23,30)(H2,24,31,32)(H2,25,26,27,28). The van der Waals surface area contributed by atoms with E-state index in [4.69, 9.17) is 15.6 Å². The fourth-order valence-corrected chi connectivity index (χ4v) is 4.47. The molecule has 2 aromatic carbocycles. The highest BCUT2D eigenvalue weighted by Crippen LogP contribution is 2.33. The summed E-state index contributed by atoms with van der Waals surface area (Å²) < 4.78 is 29.5. The zero-order chi connectivity index (χ0) is 24.5. The Morgan fingerprint density at radius 1 is 1.15 bits per heavy atom. The van der Waals surface area contributed by atoms with Crippen LogP contribution in [0.2, 0.25) is 0 Å². The number of primary sulfonamides is 1. The fraction of sp³-hybridized carbons (Fsp3) is 0.227. The summed E-state index contributed by atoms with van der Waals surface area (Å²) in [7, 11) is -0.388. The Hall–Kier alpha value is -3.74. The number of nitrogens with one attached hydrogen (secondary N) is 2. The van der Waals surface area contributed by atoms with Gasteiger partial charge in [-0.1, -0.05) is 12.1 Å². The van der Waals surface area contributed by atoms with E-state index >= 15 is 0 Å². The van der Waals surface area contributed by atoms with Gasteiger partial charge in [-0.15, -0.1) is 0 Å². The largest absolute Gasteiger partial charge is 0.495 e. The van der Waals surface area contributed by atoms with E-state index in [-0.39, 0.29) is 27.9 Å². The Balaban J connectivity index is 1.72. The fourth-order valence-electron chi connectivity index (χ4n) is 3.78. The molecular formula is C22H25N7O4S. The first kappa shape index (κ1) is 23.4. The molecule has 0 fully saturated rings. The number of anilines is 4. The van der Waals surface area contributed by atoms with Crippen LogP contribution in [0.1, 0.15) is 21.5 Å². The lowest BCUT2D eigenvalue weighted by Gasteiger charge is -2.26. The molecule has 4 rings (SSSR count). The first-order valence-corrected chi connectivity index (χ1v) is 11.9. The first-order valence-electron chi connectivity index (χ1n) is 10.4. The van der Waals surface area contributed by atoms with E-state index in [1.165, 1.54) is 30.0 Å². The molecule has 0 saturated heterocycles. The maximum Gasteiger partial charge on any atom is 0.254 e. The minimum absolute atomic E-state index is 0.0196. The van der Waals surface area contributed by atoms with Crippen LogP contribution in [-0.4, -0.2) is 49.9 Å². The number of carbonyl (C=O) groups excluding carboxylic acids is 1. The Labute approximate surface area is 197 Å². The third kappa shape index (κ3) is 4.93. The van der Waals surface area contributed by atoms with Crippen LogP contribution < -0.4 is 26.2 Å². The predicted octanol–water partition coefficient (Wildman–Crippen LogP) is 1.71. The minimum atomic E-state index is -4.03. The molecule has 0 aliphatic carbocycles. The summed E-state index contributed by atoms with van der Waals surface area (Å²) in [6.45, 7) is 1.77. The number of rotatable bonds is 7. The van der Waals surface area contributed by atoms with Crippen molar-refractivity contribution in [3.05, 3.63) is 59.3 Å². The maximum absolute atomic E-state index is 12.0. The van der Waals surface area contributed by atoms with Crippen molar-refractivity contribution >= 4 is 39.1 Å². The highest BCUT2D eigenvalue weighted by atomic mass is 32.2. The van der Waals surface area contributed by atoms with Crippen LogP contribution in [-0.2, 0) is 23.0 Å². The molecule has 3 aromatic rings. The zero-order valence-electron chi connectivity index (χ0n) is 18.7. The Bertz CT molecular complexity index is 1360. The van der Waals surface area contributed by atoms with E-state index in [2.05, 4.69) is 32.5 Å². The summed E-state index contributed by atoms with van der Waals surface area (Å²) in [4.78, 5) is 22.6. The van der Waals surface area contributed by atoms with E-state index in [1.807, 2.05) is 12.1 Å². The molecule has 0 radical (unpaired) electrons. The van der Waals surface area contributed by atoms with E-state index in [0.717, 1.165) is 25.1 Å². The van der Waals surface area contributed by atoms with Crippen molar-refractivity contribution in [1.29, 1.82) is 0 Å². The number of nitrogens with zero attached hydrogens (tertiary/aromatic N) is 3. The number of benzene rings is 2. The van der Waals surface area contributed by atoms with Crippen molar-refractivity contribution in [1.82, 2.24) is 14.9 Å². The molecule has 12 heteroatoms. The monoisotopic (exact) mass is 483 g/mol. The summed E-state index contributed by atoms with van der Waals surface area (Å²) in [5.74, 6) is 0.0252. The molecule has 1 aromatic heterocycles. The predicted molar refractivity (Wildman–Crippen MR) is 128 cm³/mol. The molecule has 1 aliphatic heterocycles. The van der Waals surface area contributed by atoms with Crippen molar-refractivity contribution in [2.45, 2.75) is 17.9 Å². The Morgan fingerprint density at radius 3 is 2.62 bits per heavy atom. The van der Waals surface area contributed by atoms with Gasteiger partial charge >= 0.3 is 0 Å². The molecule has 0 saturated carbocycles. The zero-order valence-corrected chi connectivity index (χ0v) is 19.5. The van der Waals surface area contributed by atoms with Crippen LogP contribution >= 0.6 is 0 Å². The molecule has 34 heavy (non-hydrogen) atoms. The van der Waals surface area contributed by atoms with Gasteiger partial charge in [0.1, 0.15) is 22.0 Å². The average Bonchev–Trinajstić information content (AvgIpc) is 2.78. The smallest absolute Gasteiger partial charge is 0.254 e. The molecule has 0 unspecified atom stereocenters. The first-order chi connectivity index (χ1) is 16.2. The quantitative estimate of drug-likeness (QED) is 0.391. The van der Waals surface area contributed by atoms with Gasteiger partial charge in [0.25, 0.3) is 5.91 Å². The van der Waals surface area contributed by atoms with E-state index < -0.39 is 15.9 Å². The SMILES string of the molecule is COc1cc2c(cc1Nc1ncc(C(N)=O)c(Nc3ccccc3S(N)(=O)=O)n1)CN(C)CC2. The number of fused-ring (bicyclic) bond motifs is 1. The minimum Gasteiger partial charge on any atom is -0.495 e. The summed E-state index contributed by atoms with van der Waals surface area (Å²) in [5.41, 5.74) is 8.63. The van der Waals surface area contributed by atoms with Crippen molar-refractivity contribution in [2.24, 2.45) is 10.9 Å². The third-order valence-electron chi connectivity index (χ3n) is 5.47. The van der Waals surface area contributed by atoms with Gasteiger partial charge in [-0.2, -0.15) is 4.98 Å². The van der Waals surface area contributed by atoms with Gasteiger partial charge in [0.15, 0.2) is 0 Å². The second-order valence-electron chi connectivity index (χ2n) is 7.92. The lowest BCUT2D eigenvalue weighted by Crippen LogP contribution is -2.26. The molecule has 0 bridgehead atoms. The summed E-state index contributed by atoms with van der Waals surface area (Å²) in [5, 5.41) is 11.3. The summed E-state index contributed by atoms with van der Waals surface area (Å²) >= 11 is 0. The summed E-state index contributed by atoms with van der Waals surface area (Å²) in [6.07, 6.45) is 2.18. The second kappa shape index (κ2) is 9.25. The number of likely N-dealkylation sites (N-methyl/N-ethyl adjacent to an activating group) is 1. The van der Waals surface area contributed by atoms with Gasteiger partial charge in [0.2, 0.25) is 16.0 Å². The Morgan fingerprint density at radius 2 is 1.91 bits per heavy atom. The molecule has 0 spiro atoms. The van der Waals surface area contributed by atoms with Crippen molar-refractivity contribution in [3.8, 4) is 5.75 Å². The third-order valence-corrected chi connectivity index (χ3v) is 6.44. The van der Waals surface area contributed by atoms with Gasteiger partial charge in [-0.25, -0.2) is 18.5 Å². The molecule has 11 nitrogen and oxygen atoms in total. The average molecular weight is 484 g/mol. The van der Waals surface area contributed by atoms with Gasteiger partial charge in [0.05, 0.1) is 18.5 Å². The van der Waals surface area contributed by atoms with E-state index in [9.17, 15) is 13.2 Å². The number of amides is 1. The molecule has 1 aliphatic rings. The van der Waals surface area contributed by atoms with Crippen LogP contribution in [0.5, 0.6) is 5.75 Å². The molecule has 6 N–H and O–H groups in total. The number of sulfonamides is 1. The number of hydrogen-bond acceptors (Lipinski definition) is 9. The van der Waals surface area contributed by atoms with Gasteiger partial charge in [-0.3, -0.25) is 4.79 Å². The highest BCUT2D eigenvalue weighted by molar-refractivity contribution is 7.89. The number of nitrogens with two attached hydrogens (primary N) is 2. The second-order valence-corrected chi connectivity index (χ2v) is 9.45. The van der Waals surface area contributed by atoms with Crippen molar-refractivity contribution in [3.63, 3.8) is 0 Å². The van der Waals surface area contributed by atoms with Gasteiger partial charge in [-0.05, 0) is 48.9 Å². The lowest BCUT2D eigenvalue weighted by molar-refractivity contribution is 0.100. The van der Waals surface area contributed by atoms with Crippen LogP contribution in [0.15, 0.2) is 47.5 Å². The number of carbonyl (C=O) groups is 1. The van der Waals surface area contributed by atoms with Crippen LogP contribution in [0.4, 0.5) is 23.1 Å². The molecule has 0 atom stereocenters. The number of hydrogen-bond donors (Lipinski definition) is 4. The van der Waals surface area contributed by atoms with E-state index in [1.54, 1.807) is 13.2 Å². The number of para-hydroxylation sites is 1. The molecule has 1 amide bonds. The highest BCUT2D eigenvalue weighted by Gasteiger charge is 2.20. The number of methoxy groups -OCH3 is 1. The van der Waals surface area contributed by atoms with Crippen molar-refractivity contribution in [2.75, 3.05) is 31.3 Å². The number of aromatic nitrogens is 2.